The van der Waals surface area contributed by atoms with E-state index in [0.29, 0.717) is 37.6 Å². The average Bonchev–Trinajstić information content (AvgIpc) is 2.94. The quantitative estimate of drug-likeness (QED) is 0.230. The molecule has 0 unspecified atom stereocenters. The van der Waals surface area contributed by atoms with Gasteiger partial charge in [-0.15, -0.1) is 0 Å². The summed E-state index contributed by atoms with van der Waals surface area (Å²) in [7, 11) is 0. The van der Waals surface area contributed by atoms with E-state index in [1.807, 2.05) is 4.90 Å². The van der Waals surface area contributed by atoms with E-state index in [2.05, 4.69) is 4.98 Å². The number of amides is 1. The lowest BCUT2D eigenvalue weighted by molar-refractivity contribution is -0.138. The minimum absolute atomic E-state index is 0.186. The number of carbonyl (C=O) groups is 1. The Morgan fingerprint density at radius 2 is 1.38 bits per heavy atom. The van der Waals surface area contributed by atoms with Gasteiger partial charge in [0.2, 0.25) is 5.91 Å². The van der Waals surface area contributed by atoms with E-state index in [-0.39, 0.29) is 12.2 Å². The Kier molecular flexibility index (Phi) is 8.63. The molecule has 11 heteroatoms. The van der Waals surface area contributed by atoms with Crippen LogP contribution >= 0.6 is 0 Å². The van der Waals surface area contributed by atoms with Gasteiger partial charge in [-0.1, -0.05) is 54.6 Å². The van der Waals surface area contributed by atoms with Crippen molar-refractivity contribution in [1.29, 1.82) is 0 Å². The van der Waals surface area contributed by atoms with Gasteiger partial charge in [-0.3, -0.25) is 4.79 Å². The molecule has 1 aromatic heterocycles. The summed E-state index contributed by atoms with van der Waals surface area (Å²) in [6.45, 7) is 1.31. The van der Waals surface area contributed by atoms with Crippen molar-refractivity contribution in [2.45, 2.75) is 19.0 Å². The Morgan fingerprint density at radius 1 is 0.825 bits per heavy atom. The Bertz CT molecular complexity index is 1350. The average molecular weight is 562 g/mol. The number of carbonyl (C=O) groups excluding carboxylic acids is 1. The molecular formula is C29H25F6N3O2. The minimum Gasteiger partial charge on any atom is -0.392 e. The van der Waals surface area contributed by atoms with Gasteiger partial charge in [-0.25, -0.2) is 4.98 Å². The van der Waals surface area contributed by atoms with E-state index in [0.717, 1.165) is 48.6 Å². The monoisotopic (exact) mass is 561 g/mol. The first-order chi connectivity index (χ1) is 19.0. The largest absolute Gasteiger partial charge is 0.417 e. The van der Waals surface area contributed by atoms with Crippen LogP contribution in [0.25, 0.3) is 5.57 Å². The van der Waals surface area contributed by atoms with Crippen molar-refractivity contribution in [1.82, 2.24) is 9.88 Å². The van der Waals surface area contributed by atoms with Crippen LogP contribution in [0.5, 0.6) is 0 Å². The maximum atomic E-state index is 13.8. The fourth-order valence-electron chi connectivity index (χ4n) is 4.56. The molecule has 1 amide bonds. The second kappa shape index (κ2) is 12.0. The fourth-order valence-corrected chi connectivity index (χ4v) is 4.56. The number of benzene rings is 2. The molecule has 0 saturated carbocycles. The number of aliphatic hydroxyl groups is 1. The first-order valence-electron chi connectivity index (χ1n) is 12.3. The lowest BCUT2D eigenvalue weighted by Crippen LogP contribution is -2.48. The summed E-state index contributed by atoms with van der Waals surface area (Å²) < 4.78 is 82.8. The molecular weight excluding hydrogens is 536 g/mol. The molecule has 0 spiro atoms. The molecule has 5 nitrogen and oxygen atoms in total. The molecule has 1 aliphatic rings. The van der Waals surface area contributed by atoms with Gasteiger partial charge in [-0.2, -0.15) is 26.3 Å². The van der Waals surface area contributed by atoms with Crippen molar-refractivity contribution in [3.8, 4) is 0 Å². The zero-order valence-electron chi connectivity index (χ0n) is 21.1. The molecule has 0 aliphatic carbocycles. The highest BCUT2D eigenvalue weighted by molar-refractivity contribution is 5.90. The van der Waals surface area contributed by atoms with Crippen LogP contribution in [-0.2, 0) is 23.8 Å². The smallest absolute Gasteiger partial charge is 0.392 e. The molecule has 1 fully saturated rings. The van der Waals surface area contributed by atoms with Crippen molar-refractivity contribution in [3.63, 3.8) is 0 Å². The summed E-state index contributed by atoms with van der Waals surface area (Å²) in [5.74, 6) is 0.179. The molecule has 0 atom stereocenters. The van der Waals surface area contributed by atoms with Crippen molar-refractivity contribution in [3.05, 3.63) is 113 Å². The first-order valence-corrected chi connectivity index (χ1v) is 12.3. The van der Waals surface area contributed by atoms with E-state index in [4.69, 9.17) is 0 Å². The predicted octanol–water partition coefficient (Wildman–Crippen LogP) is 5.95. The Labute approximate surface area is 226 Å². The second-order valence-electron chi connectivity index (χ2n) is 8.98. The summed E-state index contributed by atoms with van der Waals surface area (Å²) >= 11 is 0. The summed E-state index contributed by atoms with van der Waals surface area (Å²) in [4.78, 5) is 20.6. The maximum Gasteiger partial charge on any atom is 0.417 e. The third-order valence-electron chi connectivity index (χ3n) is 6.48. The van der Waals surface area contributed by atoms with Crippen molar-refractivity contribution in [2.24, 2.45) is 0 Å². The van der Waals surface area contributed by atoms with Crippen LogP contribution in [0.15, 0.2) is 85.1 Å². The van der Waals surface area contributed by atoms with Gasteiger partial charge in [0.15, 0.2) is 0 Å². The number of hydrogen-bond acceptors (Lipinski definition) is 4. The zero-order valence-corrected chi connectivity index (χ0v) is 21.1. The molecule has 2 heterocycles. The number of anilines is 1. The standard InChI is InChI=1S/C29H25F6N3O2/c30-28(31,32)24-11-3-1-8-22(24)21(23-9-2-4-12-25(23)29(33,34)35)10-5-13-26(40)37-15-17-38(18-16-37)27-20(19-39)7-6-14-36-27/h1-14,39H,15-19H2. The van der Waals surface area contributed by atoms with Gasteiger partial charge >= 0.3 is 12.4 Å². The van der Waals surface area contributed by atoms with Gasteiger partial charge < -0.3 is 14.9 Å². The van der Waals surface area contributed by atoms with E-state index in [1.54, 1.807) is 18.3 Å². The predicted molar refractivity (Wildman–Crippen MR) is 138 cm³/mol. The van der Waals surface area contributed by atoms with Crippen molar-refractivity contribution in [2.75, 3.05) is 31.1 Å². The molecule has 1 saturated heterocycles. The number of allylic oxidation sites excluding steroid dienone is 2. The molecule has 4 rings (SSSR count). The highest BCUT2D eigenvalue weighted by atomic mass is 19.4. The normalized spacial score (nSPS) is 14.5. The summed E-state index contributed by atoms with van der Waals surface area (Å²) in [5, 5.41) is 9.55. The van der Waals surface area contributed by atoms with E-state index in [1.165, 1.54) is 23.1 Å². The molecule has 3 aromatic rings. The number of aromatic nitrogens is 1. The van der Waals surface area contributed by atoms with Crippen LogP contribution < -0.4 is 4.90 Å². The highest BCUT2D eigenvalue weighted by Crippen LogP contribution is 2.41. The SMILES string of the molecule is O=C(C=CC=C(c1ccccc1C(F)(F)F)c1ccccc1C(F)(F)F)N1CCN(c2ncccc2CO)CC1. The van der Waals surface area contributed by atoms with Crippen molar-refractivity contribution < 1.29 is 36.2 Å². The Morgan fingerprint density at radius 3 is 1.90 bits per heavy atom. The number of alkyl halides is 6. The van der Waals surface area contributed by atoms with E-state index in [9.17, 15) is 36.2 Å². The topological polar surface area (TPSA) is 56.7 Å². The number of aliphatic hydroxyl groups excluding tert-OH is 1. The van der Waals surface area contributed by atoms with Crippen LogP contribution in [0.2, 0.25) is 0 Å². The van der Waals surface area contributed by atoms with Gasteiger partial charge in [0.05, 0.1) is 17.7 Å². The summed E-state index contributed by atoms with van der Waals surface area (Å²) in [6.07, 6.45) is -4.62. The highest BCUT2D eigenvalue weighted by Gasteiger charge is 2.37. The van der Waals surface area contributed by atoms with Gasteiger partial charge in [0.25, 0.3) is 0 Å². The van der Waals surface area contributed by atoms with Gasteiger partial charge in [0, 0.05) is 44.0 Å². The molecule has 0 bridgehead atoms. The van der Waals surface area contributed by atoms with E-state index < -0.39 is 40.5 Å². The Balaban J connectivity index is 1.62. The van der Waals surface area contributed by atoms with Crippen LogP contribution in [0.3, 0.4) is 0 Å². The lowest BCUT2D eigenvalue weighted by Gasteiger charge is -2.35. The third kappa shape index (κ3) is 6.53. The fraction of sp³-hybridized carbons (Fsp3) is 0.241. The number of rotatable bonds is 6. The summed E-state index contributed by atoms with van der Waals surface area (Å²) in [5.41, 5.74) is -2.73. The molecule has 1 N–H and O–H groups in total. The molecule has 40 heavy (non-hydrogen) atoms. The molecule has 2 aromatic carbocycles. The van der Waals surface area contributed by atoms with Crippen LogP contribution in [-0.4, -0.2) is 47.1 Å². The first kappa shape index (κ1) is 28.9. The van der Waals surface area contributed by atoms with Crippen LogP contribution in [0, 0.1) is 0 Å². The third-order valence-corrected chi connectivity index (χ3v) is 6.48. The molecule has 1 aliphatic heterocycles. The van der Waals surface area contributed by atoms with Crippen molar-refractivity contribution >= 4 is 17.3 Å². The zero-order chi connectivity index (χ0) is 28.9. The number of piperazine rings is 1. The lowest BCUT2D eigenvalue weighted by atomic mass is 9.90. The molecule has 0 radical (unpaired) electrons. The number of halogens is 6. The summed E-state index contributed by atoms with van der Waals surface area (Å²) in [6, 6.07) is 12.2. The van der Waals surface area contributed by atoms with Gasteiger partial charge in [0.1, 0.15) is 5.82 Å². The minimum atomic E-state index is -4.81. The maximum absolute atomic E-state index is 13.8. The van der Waals surface area contributed by atoms with Crippen LogP contribution in [0.4, 0.5) is 32.2 Å². The van der Waals surface area contributed by atoms with E-state index >= 15 is 0 Å². The number of pyridine rings is 1. The second-order valence-corrected chi connectivity index (χ2v) is 8.98. The number of nitrogens with zero attached hydrogens (tertiary/aromatic N) is 3. The molecule has 210 valence electrons. The number of hydrogen-bond donors (Lipinski definition) is 1. The Hall–Kier alpha value is -4.12. The van der Waals surface area contributed by atoms with Crippen LogP contribution in [0.1, 0.15) is 27.8 Å². The van der Waals surface area contributed by atoms with Gasteiger partial charge in [-0.05, 0) is 34.9 Å².